The third-order valence-corrected chi connectivity index (χ3v) is 4.26. The molecular formula is C15H14ClFN2OS. The van der Waals surface area contributed by atoms with Crippen LogP contribution in [0.5, 0.6) is 0 Å². The van der Waals surface area contributed by atoms with Gasteiger partial charge in [0.05, 0.1) is 22.1 Å². The number of nitrogens with zero attached hydrogens (tertiary/aromatic N) is 1. The average Bonchev–Trinajstić information content (AvgIpc) is 2.89. The van der Waals surface area contributed by atoms with Crippen molar-refractivity contribution >= 4 is 34.9 Å². The normalized spacial score (nSPS) is 13.0. The first-order valence-corrected chi connectivity index (χ1v) is 7.33. The van der Waals surface area contributed by atoms with Gasteiger partial charge in [-0.05, 0) is 45.1 Å². The Balaban J connectivity index is 2.24. The van der Waals surface area contributed by atoms with Crippen molar-refractivity contribution in [3.8, 4) is 0 Å². The Labute approximate surface area is 131 Å². The van der Waals surface area contributed by atoms with E-state index < -0.39 is 5.82 Å². The van der Waals surface area contributed by atoms with Gasteiger partial charge in [0, 0.05) is 11.6 Å². The number of halogens is 2. The molecule has 0 fully saturated rings. The lowest BCUT2D eigenvalue weighted by Crippen LogP contribution is -2.07. The Kier molecular flexibility index (Phi) is 3.42. The van der Waals surface area contributed by atoms with Crippen LogP contribution in [0.15, 0.2) is 22.6 Å². The van der Waals surface area contributed by atoms with Crippen LogP contribution in [0.1, 0.15) is 30.0 Å². The molecule has 1 unspecified atom stereocenters. The molecule has 3 nitrogen and oxygen atoms in total. The lowest BCUT2D eigenvalue weighted by atomic mass is 10.1. The standard InChI is InChI=1S/C15H14ClFN2OS/c1-7-4-10(9(3)20-7)8(2)19-14-5-11(16)12(17)6-13(14)18-15(19)21/h4-6,8H,1-3H3,(H,18,21). The van der Waals surface area contributed by atoms with E-state index >= 15 is 0 Å². The zero-order chi connectivity index (χ0) is 15.3. The van der Waals surface area contributed by atoms with Crippen LogP contribution < -0.4 is 0 Å². The van der Waals surface area contributed by atoms with E-state index in [9.17, 15) is 4.39 Å². The van der Waals surface area contributed by atoms with Crippen molar-refractivity contribution in [1.82, 2.24) is 9.55 Å². The summed E-state index contributed by atoms with van der Waals surface area (Å²) in [6.45, 7) is 5.85. The Hall–Kier alpha value is -1.59. The molecule has 0 aliphatic carbocycles. The number of aromatic nitrogens is 2. The lowest BCUT2D eigenvalue weighted by molar-refractivity contribution is 0.495. The van der Waals surface area contributed by atoms with E-state index in [1.54, 1.807) is 6.07 Å². The Morgan fingerprint density at radius 1 is 1.33 bits per heavy atom. The van der Waals surface area contributed by atoms with E-state index in [1.807, 2.05) is 31.4 Å². The number of fused-ring (bicyclic) bond motifs is 1. The second-order valence-corrected chi connectivity index (χ2v) is 5.92. The maximum Gasteiger partial charge on any atom is 0.178 e. The van der Waals surface area contributed by atoms with E-state index in [4.69, 9.17) is 28.2 Å². The highest BCUT2D eigenvalue weighted by atomic mass is 35.5. The molecule has 1 aromatic carbocycles. The molecule has 0 saturated heterocycles. The van der Waals surface area contributed by atoms with Gasteiger partial charge in [-0.25, -0.2) is 4.39 Å². The minimum atomic E-state index is -0.462. The minimum Gasteiger partial charge on any atom is -0.466 e. The Bertz CT molecular complexity index is 893. The molecule has 2 heterocycles. The highest BCUT2D eigenvalue weighted by molar-refractivity contribution is 7.71. The molecule has 110 valence electrons. The summed E-state index contributed by atoms with van der Waals surface area (Å²) < 4.78 is 21.6. The topological polar surface area (TPSA) is 33.9 Å². The molecule has 1 atom stereocenters. The van der Waals surface area contributed by atoms with E-state index in [0.717, 1.165) is 22.6 Å². The van der Waals surface area contributed by atoms with Gasteiger partial charge in [-0.3, -0.25) is 0 Å². The van der Waals surface area contributed by atoms with E-state index in [2.05, 4.69) is 4.98 Å². The second-order valence-electron chi connectivity index (χ2n) is 5.13. The van der Waals surface area contributed by atoms with Crippen molar-refractivity contribution in [3.63, 3.8) is 0 Å². The molecule has 2 aromatic heterocycles. The number of H-pyrrole nitrogens is 1. The van der Waals surface area contributed by atoms with Crippen LogP contribution in [0, 0.1) is 24.4 Å². The average molecular weight is 325 g/mol. The summed E-state index contributed by atoms with van der Waals surface area (Å²) in [4.78, 5) is 3.02. The Morgan fingerprint density at radius 2 is 2.05 bits per heavy atom. The molecule has 0 spiro atoms. The van der Waals surface area contributed by atoms with Crippen LogP contribution in [-0.2, 0) is 0 Å². The van der Waals surface area contributed by atoms with Gasteiger partial charge in [0.15, 0.2) is 4.77 Å². The third kappa shape index (κ3) is 2.30. The molecule has 3 aromatic rings. The van der Waals surface area contributed by atoms with Gasteiger partial charge in [0.2, 0.25) is 0 Å². The number of aryl methyl sites for hydroxylation is 2. The van der Waals surface area contributed by atoms with Gasteiger partial charge in [0.25, 0.3) is 0 Å². The molecule has 0 saturated carbocycles. The smallest absolute Gasteiger partial charge is 0.178 e. The fourth-order valence-electron chi connectivity index (χ4n) is 2.71. The first kappa shape index (κ1) is 14.4. The Morgan fingerprint density at radius 3 is 2.67 bits per heavy atom. The SMILES string of the molecule is Cc1cc(C(C)n2c(=S)[nH]c3cc(F)c(Cl)cc32)c(C)o1. The van der Waals surface area contributed by atoms with Gasteiger partial charge in [-0.15, -0.1) is 0 Å². The lowest BCUT2D eigenvalue weighted by Gasteiger charge is -2.14. The number of aromatic amines is 1. The molecular weight excluding hydrogens is 311 g/mol. The van der Waals surface area contributed by atoms with Crippen LogP contribution in [-0.4, -0.2) is 9.55 Å². The van der Waals surface area contributed by atoms with Crippen molar-refractivity contribution in [2.75, 3.05) is 0 Å². The second kappa shape index (κ2) is 5.00. The van der Waals surface area contributed by atoms with Gasteiger partial charge in [0.1, 0.15) is 17.3 Å². The van der Waals surface area contributed by atoms with Crippen molar-refractivity contribution in [2.45, 2.75) is 26.8 Å². The van der Waals surface area contributed by atoms with Gasteiger partial charge < -0.3 is 14.0 Å². The summed E-state index contributed by atoms with van der Waals surface area (Å²) in [6.07, 6.45) is 0. The van der Waals surface area contributed by atoms with Crippen molar-refractivity contribution < 1.29 is 8.81 Å². The van der Waals surface area contributed by atoms with E-state index in [1.165, 1.54) is 6.07 Å². The quantitative estimate of drug-likeness (QED) is 0.648. The number of hydrogen-bond acceptors (Lipinski definition) is 2. The summed E-state index contributed by atoms with van der Waals surface area (Å²) >= 11 is 11.3. The fourth-order valence-corrected chi connectivity index (χ4v) is 3.23. The van der Waals surface area contributed by atoms with E-state index in [-0.39, 0.29) is 11.1 Å². The van der Waals surface area contributed by atoms with Crippen LogP contribution in [0.25, 0.3) is 11.0 Å². The maximum atomic E-state index is 13.6. The maximum absolute atomic E-state index is 13.6. The first-order valence-electron chi connectivity index (χ1n) is 6.54. The van der Waals surface area contributed by atoms with Crippen LogP contribution in [0.3, 0.4) is 0 Å². The van der Waals surface area contributed by atoms with Crippen LogP contribution >= 0.6 is 23.8 Å². The van der Waals surface area contributed by atoms with Gasteiger partial charge in [-0.2, -0.15) is 0 Å². The molecule has 1 N–H and O–H groups in total. The summed E-state index contributed by atoms with van der Waals surface area (Å²) in [5, 5.41) is 0.0811. The first-order chi connectivity index (χ1) is 9.88. The minimum absolute atomic E-state index is 0.0368. The summed E-state index contributed by atoms with van der Waals surface area (Å²) in [5.41, 5.74) is 2.45. The molecule has 0 aliphatic rings. The largest absolute Gasteiger partial charge is 0.466 e. The summed E-state index contributed by atoms with van der Waals surface area (Å²) in [7, 11) is 0. The third-order valence-electron chi connectivity index (χ3n) is 3.68. The highest BCUT2D eigenvalue weighted by Gasteiger charge is 2.18. The highest BCUT2D eigenvalue weighted by Crippen LogP contribution is 2.30. The number of rotatable bonds is 2. The number of nitrogens with one attached hydrogen (secondary N) is 1. The zero-order valence-electron chi connectivity index (χ0n) is 11.8. The fraction of sp³-hybridized carbons (Fsp3) is 0.267. The monoisotopic (exact) mass is 324 g/mol. The van der Waals surface area contributed by atoms with Gasteiger partial charge >= 0.3 is 0 Å². The van der Waals surface area contributed by atoms with Crippen molar-refractivity contribution in [2.24, 2.45) is 0 Å². The molecule has 6 heteroatoms. The van der Waals surface area contributed by atoms with E-state index in [0.29, 0.717) is 10.3 Å². The summed E-state index contributed by atoms with van der Waals surface area (Å²) in [5.74, 6) is 1.24. The van der Waals surface area contributed by atoms with Crippen LogP contribution in [0.2, 0.25) is 5.02 Å². The molecule has 3 rings (SSSR count). The summed E-state index contributed by atoms with van der Waals surface area (Å²) in [6, 6.07) is 4.91. The molecule has 0 amide bonds. The predicted molar refractivity (Wildman–Crippen MR) is 84.1 cm³/mol. The van der Waals surface area contributed by atoms with Crippen molar-refractivity contribution in [1.29, 1.82) is 0 Å². The zero-order valence-corrected chi connectivity index (χ0v) is 13.4. The number of benzene rings is 1. The number of hydrogen-bond donors (Lipinski definition) is 1. The van der Waals surface area contributed by atoms with Crippen molar-refractivity contribution in [3.05, 3.63) is 50.9 Å². The number of furan rings is 1. The molecule has 0 aliphatic heterocycles. The molecule has 0 radical (unpaired) electrons. The predicted octanol–water partition coefficient (Wildman–Crippen LogP) is 5.31. The van der Waals surface area contributed by atoms with Gasteiger partial charge in [-0.1, -0.05) is 11.6 Å². The van der Waals surface area contributed by atoms with Crippen LogP contribution in [0.4, 0.5) is 4.39 Å². The molecule has 21 heavy (non-hydrogen) atoms. The number of imidazole rings is 1. The molecule has 0 bridgehead atoms.